The number of hydrogen-bond donors (Lipinski definition) is 1. The summed E-state index contributed by atoms with van der Waals surface area (Å²) in [6, 6.07) is 8.37. The zero-order valence-electron chi connectivity index (χ0n) is 11.8. The van der Waals surface area contributed by atoms with Gasteiger partial charge in [0, 0.05) is 6.42 Å². The van der Waals surface area contributed by atoms with Crippen LogP contribution in [0.25, 0.3) is 0 Å². The number of likely N-dealkylation sites (tertiary alicyclic amines) is 1. The van der Waals surface area contributed by atoms with Crippen molar-refractivity contribution < 1.29 is 23.4 Å². The summed E-state index contributed by atoms with van der Waals surface area (Å²) in [6.07, 6.45) is -1.15. The number of aliphatic hydroxyl groups excluding tert-OH is 1. The number of piperidine rings is 1. The van der Waals surface area contributed by atoms with Gasteiger partial charge in [-0.25, -0.2) is 13.6 Å². The fraction of sp³-hybridized carbons (Fsp3) is 0.533. The van der Waals surface area contributed by atoms with Crippen molar-refractivity contribution in [2.24, 2.45) is 5.92 Å². The van der Waals surface area contributed by atoms with E-state index in [1.807, 2.05) is 6.07 Å². The lowest BCUT2D eigenvalue weighted by molar-refractivity contribution is -0.105. The topological polar surface area (TPSA) is 49.8 Å². The van der Waals surface area contributed by atoms with Gasteiger partial charge in [-0.1, -0.05) is 37.3 Å². The molecule has 1 N–H and O–H groups in total. The minimum atomic E-state index is -2.95. The van der Waals surface area contributed by atoms with Gasteiger partial charge >= 0.3 is 6.09 Å². The highest BCUT2D eigenvalue weighted by atomic mass is 19.3. The molecule has 1 fully saturated rings. The minimum Gasteiger partial charge on any atom is -0.445 e. The van der Waals surface area contributed by atoms with E-state index in [1.165, 1.54) is 0 Å². The minimum absolute atomic E-state index is 0.0221. The first-order valence-corrected chi connectivity index (χ1v) is 6.89. The van der Waals surface area contributed by atoms with Gasteiger partial charge in [-0.15, -0.1) is 0 Å². The van der Waals surface area contributed by atoms with Crippen molar-refractivity contribution in [1.29, 1.82) is 0 Å². The van der Waals surface area contributed by atoms with E-state index >= 15 is 0 Å². The Morgan fingerprint density at radius 1 is 1.43 bits per heavy atom. The van der Waals surface area contributed by atoms with Gasteiger partial charge in [0.1, 0.15) is 6.61 Å². The molecule has 21 heavy (non-hydrogen) atoms. The van der Waals surface area contributed by atoms with Gasteiger partial charge < -0.3 is 9.84 Å². The second-order valence-electron chi connectivity index (χ2n) is 5.46. The first-order chi connectivity index (χ1) is 9.93. The van der Waals surface area contributed by atoms with Crippen LogP contribution in [0.2, 0.25) is 0 Å². The number of hydrogen-bond acceptors (Lipinski definition) is 3. The Labute approximate surface area is 122 Å². The third-order valence-corrected chi connectivity index (χ3v) is 3.71. The second kappa shape index (κ2) is 6.39. The number of carbonyl (C=O) groups excluding carboxylic acids is 1. The predicted molar refractivity (Wildman–Crippen MR) is 72.9 cm³/mol. The van der Waals surface area contributed by atoms with Gasteiger partial charge in [-0.3, -0.25) is 4.90 Å². The number of rotatable bonds is 3. The van der Waals surface area contributed by atoms with E-state index in [1.54, 1.807) is 31.2 Å². The molecule has 0 unspecified atom stereocenters. The van der Waals surface area contributed by atoms with Gasteiger partial charge in [0.15, 0.2) is 0 Å². The summed E-state index contributed by atoms with van der Waals surface area (Å²) in [6.45, 7) is 0.563. The molecule has 0 aromatic heterocycles. The lowest BCUT2D eigenvalue weighted by Crippen LogP contribution is -2.56. The van der Waals surface area contributed by atoms with E-state index in [0.29, 0.717) is 0 Å². The molecular weight excluding hydrogens is 280 g/mol. The Morgan fingerprint density at radius 3 is 2.71 bits per heavy atom. The number of carbonyl (C=O) groups is 1. The second-order valence-corrected chi connectivity index (χ2v) is 5.46. The smallest absolute Gasteiger partial charge is 0.410 e. The predicted octanol–water partition coefficient (Wildman–Crippen LogP) is 2.66. The van der Waals surface area contributed by atoms with Crippen LogP contribution < -0.4 is 0 Å². The van der Waals surface area contributed by atoms with Crippen LogP contribution >= 0.6 is 0 Å². The van der Waals surface area contributed by atoms with Gasteiger partial charge in [0.2, 0.25) is 0 Å². The van der Waals surface area contributed by atoms with Crippen LogP contribution in [0.1, 0.15) is 18.9 Å². The third kappa shape index (κ3) is 3.91. The summed E-state index contributed by atoms with van der Waals surface area (Å²) < 4.78 is 32.3. The molecule has 1 aliphatic heterocycles. The van der Waals surface area contributed by atoms with Crippen LogP contribution in [0.15, 0.2) is 30.3 Å². The van der Waals surface area contributed by atoms with Crippen LogP contribution in [0.4, 0.5) is 13.6 Å². The summed E-state index contributed by atoms with van der Waals surface area (Å²) in [5, 5.41) is 9.34. The van der Waals surface area contributed by atoms with Crippen molar-refractivity contribution in [2.75, 3.05) is 13.2 Å². The number of halogens is 2. The van der Waals surface area contributed by atoms with E-state index in [4.69, 9.17) is 4.74 Å². The maximum Gasteiger partial charge on any atom is 0.410 e. The van der Waals surface area contributed by atoms with Crippen molar-refractivity contribution in [1.82, 2.24) is 4.90 Å². The highest BCUT2D eigenvalue weighted by molar-refractivity contribution is 5.68. The van der Waals surface area contributed by atoms with E-state index in [9.17, 15) is 18.7 Å². The molecule has 1 saturated heterocycles. The maximum atomic E-state index is 13.6. The Hall–Kier alpha value is -1.69. The molecule has 1 heterocycles. The fourth-order valence-electron chi connectivity index (χ4n) is 2.63. The highest BCUT2D eigenvalue weighted by Crippen LogP contribution is 2.34. The molecule has 1 aliphatic rings. The SMILES string of the molecule is C[C@@H]1CC(F)(F)CN(C(=O)OCc2ccccc2)[C@@H]1CO. The zero-order chi connectivity index (χ0) is 15.5. The van der Waals surface area contributed by atoms with Crippen molar-refractivity contribution in [3.8, 4) is 0 Å². The number of ether oxygens (including phenoxy) is 1. The lowest BCUT2D eigenvalue weighted by atomic mass is 9.89. The van der Waals surface area contributed by atoms with Gasteiger partial charge in [-0.2, -0.15) is 0 Å². The average Bonchev–Trinajstić information content (AvgIpc) is 2.44. The summed E-state index contributed by atoms with van der Waals surface area (Å²) >= 11 is 0. The maximum absolute atomic E-state index is 13.6. The molecule has 0 saturated carbocycles. The van der Waals surface area contributed by atoms with E-state index < -0.39 is 30.5 Å². The average molecular weight is 299 g/mol. The number of aliphatic hydroxyl groups is 1. The van der Waals surface area contributed by atoms with Crippen molar-refractivity contribution in [3.63, 3.8) is 0 Å². The van der Waals surface area contributed by atoms with Crippen LogP contribution in [-0.2, 0) is 11.3 Å². The number of nitrogens with zero attached hydrogens (tertiary/aromatic N) is 1. The quantitative estimate of drug-likeness (QED) is 0.933. The number of amides is 1. The Kier molecular flexibility index (Phi) is 4.77. The normalized spacial score (nSPS) is 24.7. The molecule has 1 amide bonds. The van der Waals surface area contributed by atoms with Gasteiger partial charge in [0.05, 0.1) is 19.2 Å². The van der Waals surface area contributed by atoms with Gasteiger partial charge in [-0.05, 0) is 11.5 Å². The monoisotopic (exact) mass is 299 g/mol. The molecule has 4 nitrogen and oxygen atoms in total. The largest absolute Gasteiger partial charge is 0.445 e. The Bertz CT molecular complexity index is 481. The van der Waals surface area contributed by atoms with Crippen LogP contribution in [0.5, 0.6) is 0 Å². The molecule has 0 aliphatic carbocycles. The Balaban J connectivity index is 2.01. The number of benzene rings is 1. The molecule has 1 aromatic carbocycles. The molecule has 2 rings (SSSR count). The zero-order valence-corrected chi connectivity index (χ0v) is 11.8. The van der Waals surface area contributed by atoms with E-state index in [2.05, 4.69) is 0 Å². The third-order valence-electron chi connectivity index (χ3n) is 3.71. The summed E-state index contributed by atoms with van der Waals surface area (Å²) in [5.74, 6) is -3.43. The van der Waals surface area contributed by atoms with Gasteiger partial charge in [0.25, 0.3) is 5.92 Å². The molecule has 2 atom stereocenters. The first kappa shape index (κ1) is 15.7. The van der Waals surface area contributed by atoms with Crippen molar-refractivity contribution >= 4 is 6.09 Å². The molecule has 0 spiro atoms. The molecular formula is C15H19F2NO3. The lowest BCUT2D eigenvalue weighted by Gasteiger charge is -2.41. The van der Waals surface area contributed by atoms with Crippen LogP contribution in [-0.4, -0.2) is 41.2 Å². The molecule has 116 valence electrons. The fourth-order valence-corrected chi connectivity index (χ4v) is 2.63. The van der Waals surface area contributed by atoms with E-state index in [0.717, 1.165) is 10.5 Å². The van der Waals surface area contributed by atoms with E-state index in [-0.39, 0.29) is 19.6 Å². The first-order valence-electron chi connectivity index (χ1n) is 6.89. The summed E-state index contributed by atoms with van der Waals surface area (Å²) in [4.78, 5) is 13.0. The number of alkyl halides is 2. The molecule has 0 radical (unpaired) electrons. The van der Waals surface area contributed by atoms with Crippen molar-refractivity contribution in [2.45, 2.75) is 31.9 Å². The summed E-state index contributed by atoms with van der Waals surface area (Å²) in [7, 11) is 0. The molecule has 6 heteroatoms. The molecule has 0 bridgehead atoms. The standard InChI is InChI=1S/C15H19F2NO3/c1-11-7-15(16,17)10-18(13(11)8-19)14(20)21-9-12-5-3-2-4-6-12/h2-6,11,13,19H,7-10H2,1H3/t11-,13-/m1/s1. The van der Waals surface area contributed by atoms with Crippen LogP contribution in [0, 0.1) is 5.92 Å². The highest BCUT2D eigenvalue weighted by Gasteiger charge is 2.46. The van der Waals surface area contributed by atoms with Crippen LogP contribution in [0.3, 0.4) is 0 Å². The Morgan fingerprint density at radius 2 is 2.10 bits per heavy atom. The van der Waals surface area contributed by atoms with Crippen molar-refractivity contribution in [3.05, 3.63) is 35.9 Å². The molecule has 1 aromatic rings. The summed E-state index contributed by atoms with van der Waals surface area (Å²) in [5.41, 5.74) is 0.781.